The van der Waals surface area contributed by atoms with E-state index in [1.54, 1.807) is 22.7 Å². The van der Waals surface area contributed by atoms with E-state index in [4.69, 9.17) is 11.6 Å². The van der Waals surface area contributed by atoms with Gasteiger partial charge in [-0.15, -0.1) is 22.7 Å². The van der Waals surface area contributed by atoms with E-state index >= 15 is 0 Å². The van der Waals surface area contributed by atoms with Crippen LogP contribution < -0.4 is 5.32 Å². The SMILES string of the molecule is C[C@@H](NC(c1cccs1)c1ccc(Cl)s1)c1ccncc1. The Morgan fingerprint density at radius 3 is 2.52 bits per heavy atom. The van der Waals surface area contributed by atoms with Gasteiger partial charge < -0.3 is 0 Å². The molecule has 2 nitrogen and oxygen atoms in total. The fraction of sp³-hybridized carbons (Fsp3) is 0.188. The van der Waals surface area contributed by atoms with Crippen LogP contribution >= 0.6 is 34.3 Å². The summed E-state index contributed by atoms with van der Waals surface area (Å²) in [7, 11) is 0. The molecule has 3 rings (SSSR count). The maximum atomic E-state index is 6.11. The molecule has 1 unspecified atom stereocenters. The van der Waals surface area contributed by atoms with E-state index in [2.05, 4.69) is 40.8 Å². The van der Waals surface area contributed by atoms with E-state index in [1.807, 2.05) is 30.6 Å². The molecule has 1 N–H and O–H groups in total. The quantitative estimate of drug-likeness (QED) is 0.685. The van der Waals surface area contributed by atoms with Gasteiger partial charge in [0.1, 0.15) is 0 Å². The van der Waals surface area contributed by atoms with Crippen LogP contribution in [0.5, 0.6) is 0 Å². The lowest BCUT2D eigenvalue weighted by atomic mass is 10.1. The van der Waals surface area contributed by atoms with Crippen LogP contribution in [0.15, 0.2) is 54.2 Å². The second kappa shape index (κ2) is 6.71. The van der Waals surface area contributed by atoms with Gasteiger partial charge in [-0.2, -0.15) is 0 Å². The molecule has 2 atom stereocenters. The molecule has 0 saturated heterocycles. The topological polar surface area (TPSA) is 24.9 Å². The molecule has 0 bridgehead atoms. The molecule has 3 heterocycles. The molecule has 0 aromatic carbocycles. The van der Waals surface area contributed by atoms with Crippen molar-refractivity contribution in [3.05, 3.63) is 73.8 Å². The summed E-state index contributed by atoms with van der Waals surface area (Å²) in [6, 6.07) is 12.8. The Bertz CT molecular complexity index is 679. The van der Waals surface area contributed by atoms with E-state index in [9.17, 15) is 0 Å². The van der Waals surface area contributed by atoms with Crippen LogP contribution in [0.2, 0.25) is 4.34 Å². The number of pyridine rings is 1. The molecular weight excluding hydrogens is 320 g/mol. The first-order chi connectivity index (χ1) is 10.2. The Balaban J connectivity index is 1.86. The number of nitrogens with one attached hydrogen (secondary N) is 1. The smallest absolute Gasteiger partial charge is 0.0931 e. The molecule has 3 aromatic heterocycles. The number of halogens is 1. The highest BCUT2D eigenvalue weighted by molar-refractivity contribution is 7.16. The minimum absolute atomic E-state index is 0.172. The predicted octanol–water partition coefficient (Wildman–Crippen LogP) is 5.30. The Labute approximate surface area is 137 Å². The Morgan fingerprint density at radius 1 is 1.10 bits per heavy atom. The highest BCUT2D eigenvalue weighted by atomic mass is 35.5. The number of rotatable bonds is 5. The minimum Gasteiger partial charge on any atom is -0.298 e. The van der Waals surface area contributed by atoms with Gasteiger partial charge in [-0.3, -0.25) is 10.3 Å². The van der Waals surface area contributed by atoms with Gasteiger partial charge in [-0.05, 0) is 48.2 Å². The summed E-state index contributed by atoms with van der Waals surface area (Å²) < 4.78 is 0.824. The predicted molar refractivity (Wildman–Crippen MR) is 91.3 cm³/mol. The summed E-state index contributed by atoms with van der Waals surface area (Å²) in [5, 5.41) is 5.81. The molecule has 0 radical (unpaired) electrons. The van der Waals surface area contributed by atoms with Crippen LogP contribution in [0.25, 0.3) is 0 Å². The molecule has 0 spiro atoms. The number of hydrogen-bond acceptors (Lipinski definition) is 4. The fourth-order valence-corrected chi connectivity index (χ4v) is 4.26. The summed E-state index contributed by atoms with van der Waals surface area (Å²) in [6.07, 6.45) is 3.66. The summed E-state index contributed by atoms with van der Waals surface area (Å²) in [4.78, 5) is 6.62. The van der Waals surface area contributed by atoms with Crippen LogP contribution in [0.3, 0.4) is 0 Å². The molecule has 108 valence electrons. The average Bonchev–Trinajstić information content (AvgIpc) is 3.17. The minimum atomic E-state index is 0.172. The number of thiophene rings is 2. The van der Waals surface area contributed by atoms with Crippen molar-refractivity contribution in [3.8, 4) is 0 Å². The molecule has 0 fully saturated rings. The highest BCUT2D eigenvalue weighted by Crippen LogP contribution is 2.34. The van der Waals surface area contributed by atoms with Gasteiger partial charge >= 0.3 is 0 Å². The zero-order chi connectivity index (χ0) is 14.7. The average molecular weight is 335 g/mol. The summed E-state index contributed by atoms with van der Waals surface area (Å²) >= 11 is 9.49. The van der Waals surface area contributed by atoms with Gasteiger partial charge in [-0.25, -0.2) is 0 Å². The molecular formula is C16H15ClN2S2. The van der Waals surface area contributed by atoms with Crippen molar-refractivity contribution in [2.24, 2.45) is 0 Å². The van der Waals surface area contributed by atoms with Gasteiger partial charge in [0.05, 0.1) is 10.4 Å². The Morgan fingerprint density at radius 2 is 1.90 bits per heavy atom. The lowest BCUT2D eigenvalue weighted by Gasteiger charge is -2.22. The molecule has 3 aromatic rings. The van der Waals surface area contributed by atoms with Crippen molar-refractivity contribution in [1.82, 2.24) is 10.3 Å². The first-order valence-corrected chi connectivity index (χ1v) is 8.76. The second-order valence-corrected chi connectivity index (χ2v) is 7.49. The third-order valence-electron chi connectivity index (χ3n) is 3.33. The first-order valence-electron chi connectivity index (χ1n) is 6.68. The number of aromatic nitrogens is 1. The monoisotopic (exact) mass is 334 g/mol. The van der Waals surface area contributed by atoms with Gasteiger partial charge in [0, 0.05) is 28.2 Å². The fourth-order valence-electron chi connectivity index (χ4n) is 2.24. The summed E-state index contributed by atoms with van der Waals surface area (Å²) in [5.74, 6) is 0. The molecule has 0 aliphatic carbocycles. The van der Waals surface area contributed by atoms with E-state index in [-0.39, 0.29) is 12.1 Å². The third kappa shape index (κ3) is 3.52. The van der Waals surface area contributed by atoms with Crippen molar-refractivity contribution < 1.29 is 0 Å². The van der Waals surface area contributed by atoms with Crippen molar-refractivity contribution >= 4 is 34.3 Å². The number of hydrogen-bond donors (Lipinski definition) is 1. The molecule has 0 aliphatic rings. The van der Waals surface area contributed by atoms with Crippen molar-refractivity contribution in [2.45, 2.75) is 19.0 Å². The maximum Gasteiger partial charge on any atom is 0.0931 e. The largest absolute Gasteiger partial charge is 0.298 e. The zero-order valence-electron chi connectivity index (χ0n) is 11.5. The van der Waals surface area contributed by atoms with Crippen LogP contribution in [0, 0.1) is 0 Å². The third-order valence-corrected chi connectivity index (χ3v) is 5.56. The van der Waals surface area contributed by atoms with Gasteiger partial charge in [0.15, 0.2) is 0 Å². The lowest BCUT2D eigenvalue weighted by molar-refractivity contribution is 0.526. The Kier molecular flexibility index (Phi) is 4.70. The maximum absolute atomic E-state index is 6.11. The van der Waals surface area contributed by atoms with Crippen LogP contribution in [-0.2, 0) is 0 Å². The first kappa shape index (κ1) is 14.7. The number of nitrogens with zero attached hydrogens (tertiary/aromatic N) is 1. The zero-order valence-corrected chi connectivity index (χ0v) is 13.9. The highest BCUT2D eigenvalue weighted by Gasteiger charge is 2.20. The summed E-state index contributed by atoms with van der Waals surface area (Å²) in [6.45, 7) is 2.17. The molecule has 0 amide bonds. The van der Waals surface area contributed by atoms with Gasteiger partial charge in [0.25, 0.3) is 0 Å². The van der Waals surface area contributed by atoms with E-state index in [0.29, 0.717) is 0 Å². The van der Waals surface area contributed by atoms with Crippen molar-refractivity contribution in [2.75, 3.05) is 0 Å². The van der Waals surface area contributed by atoms with Crippen LogP contribution in [0.4, 0.5) is 0 Å². The summed E-state index contributed by atoms with van der Waals surface area (Å²) in [5.41, 5.74) is 1.23. The molecule has 21 heavy (non-hydrogen) atoms. The van der Waals surface area contributed by atoms with Crippen molar-refractivity contribution in [3.63, 3.8) is 0 Å². The van der Waals surface area contributed by atoms with E-state index < -0.39 is 0 Å². The van der Waals surface area contributed by atoms with E-state index in [0.717, 1.165) is 4.34 Å². The second-order valence-electron chi connectivity index (χ2n) is 4.76. The lowest BCUT2D eigenvalue weighted by Crippen LogP contribution is -2.24. The molecule has 0 saturated carbocycles. The molecule has 0 aliphatic heterocycles. The standard InChI is InChI=1S/C16H15ClN2S2/c1-11(12-6-8-18-9-7-12)19-16(13-3-2-10-20-13)14-4-5-15(17)21-14/h2-11,16,19H,1H3/t11-,16?/m1/s1. The van der Waals surface area contributed by atoms with Crippen molar-refractivity contribution in [1.29, 1.82) is 0 Å². The van der Waals surface area contributed by atoms with E-state index in [1.165, 1.54) is 15.3 Å². The van der Waals surface area contributed by atoms with Gasteiger partial charge in [0.2, 0.25) is 0 Å². The Hall–Kier alpha value is -1.20. The van der Waals surface area contributed by atoms with Crippen LogP contribution in [0.1, 0.15) is 34.3 Å². The normalized spacial score (nSPS) is 14.0. The van der Waals surface area contributed by atoms with Crippen LogP contribution in [-0.4, -0.2) is 4.98 Å². The molecule has 5 heteroatoms. The van der Waals surface area contributed by atoms with Gasteiger partial charge in [-0.1, -0.05) is 17.7 Å².